The van der Waals surface area contributed by atoms with Crippen molar-refractivity contribution in [1.29, 1.82) is 0 Å². The van der Waals surface area contributed by atoms with Gasteiger partial charge in [0.2, 0.25) is 0 Å². The first-order chi connectivity index (χ1) is 31.8. The predicted molar refractivity (Wildman–Crippen MR) is 271 cm³/mol. The zero-order valence-electron chi connectivity index (χ0n) is 35.0. The van der Waals surface area contributed by atoms with Crippen LogP contribution in [0.2, 0.25) is 0 Å². The first-order valence-electron chi connectivity index (χ1n) is 21.9. The third kappa shape index (κ3) is 6.44. The lowest BCUT2D eigenvalue weighted by Gasteiger charge is -2.29. The predicted octanol–water partition coefficient (Wildman–Crippen LogP) is 17.7. The lowest BCUT2D eigenvalue weighted by Crippen LogP contribution is -2.11. The highest BCUT2D eigenvalue weighted by atomic mass is 16.3. The Balaban J connectivity index is 1.04. The lowest BCUT2D eigenvalue weighted by molar-refractivity contribution is 0.669. The van der Waals surface area contributed by atoms with Crippen molar-refractivity contribution in [2.24, 2.45) is 0 Å². The van der Waals surface area contributed by atoms with E-state index >= 15 is 0 Å². The standard InChI is InChI=1S/C62H41NO/c1-2-17-42(18-3-1)48-23-6-8-25-52(48)53-26-9-7-24-51(53)45-20-14-21-47(41-45)63(59-32-12-10-27-56(59)57-31-16-34-61-62(57)58-28-11-13-33-60(58)64-61)46-38-35-44(36-39-46)50-29-15-30-54-49-22-5-4-19-43(49)37-40-55(50)54/h1-41H. The molecular formula is C62H41NO. The van der Waals surface area contributed by atoms with Gasteiger partial charge in [-0.2, -0.15) is 0 Å². The first-order valence-corrected chi connectivity index (χ1v) is 21.9. The zero-order chi connectivity index (χ0) is 42.4. The van der Waals surface area contributed by atoms with E-state index < -0.39 is 0 Å². The highest BCUT2D eigenvalue weighted by Gasteiger charge is 2.22. The molecule has 12 rings (SSSR count). The Morgan fingerprint density at radius 3 is 1.62 bits per heavy atom. The maximum absolute atomic E-state index is 6.43. The van der Waals surface area contributed by atoms with Crippen molar-refractivity contribution in [3.63, 3.8) is 0 Å². The molecule has 64 heavy (non-hydrogen) atoms. The van der Waals surface area contributed by atoms with Crippen LogP contribution in [0.4, 0.5) is 17.1 Å². The van der Waals surface area contributed by atoms with Crippen LogP contribution in [0.25, 0.3) is 99.1 Å². The number of hydrogen-bond donors (Lipinski definition) is 0. The molecule has 0 atom stereocenters. The molecular weight excluding hydrogens is 775 g/mol. The molecule has 0 fully saturated rings. The molecule has 0 aliphatic carbocycles. The highest BCUT2D eigenvalue weighted by molar-refractivity contribution is 6.14. The summed E-state index contributed by atoms with van der Waals surface area (Å²) < 4.78 is 6.43. The van der Waals surface area contributed by atoms with Gasteiger partial charge < -0.3 is 9.32 Å². The van der Waals surface area contributed by atoms with Crippen molar-refractivity contribution in [1.82, 2.24) is 0 Å². The summed E-state index contributed by atoms with van der Waals surface area (Å²) >= 11 is 0. The molecule has 0 radical (unpaired) electrons. The summed E-state index contributed by atoms with van der Waals surface area (Å²) in [5, 5.41) is 7.25. The SMILES string of the molecule is c1ccc(-c2ccccc2-c2ccccc2-c2cccc(N(c3ccc(-c4cccc5c4ccc4ccccc45)cc3)c3ccccc3-c3cccc4oc5ccccc5c34)c2)cc1. The average molecular weight is 816 g/mol. The van der Waals surface area contributed by atoms with Crippen LogP contribution in [0.15, 0.2) is 253 Å². The Bertz CT molecular complexity index is 3670. The minimum Gasteiger partial charge on any atom is -0.456 e. The van der Waals surface area contributed by atoms with E-state index in [4.69, 9.17) is 4.42 Å². The summed E-state index contributed by atoms with van der Waals surface area (Å²) in [6.45, 7) is 0. The number of para-hydroxylation sites is 2. The topological polar surface area (TPSA) is 16.4 Å². The molecule has 0 N–H and O–H groups in total. The summed E-state index contributed by atoms with van der Waals surface area (Å²) in [7, 11) is 0. The monoisotopic (exact) mass is 815 g/mol. The van der Waals surface area contributed by atoms with Gasteiger partial charge >= 0.3 is 0 Å². The van der Waals surface area contributed by atoms with Crippen LogP contribution in [0, 0.1) is 0 Å². The Morgan fingerprint density at radius 1 is 0.266 bits per heavy atom. The van der Waals surface area contributed by atoms with E-state index in [1.54, 1.807) is 0 Å². The van der Waals surface area contributed by atoms with Crippen LogP contribution in [0.1, 0.15) is 0 Å². The van der Waals surface area contributed by atoms with Crippen LogP contribution >= 0.6 is 0 Å². The third-order valence-electron chi connectivity index (χ3n) is 12.7. The van der Waals surface area contributed by atoms with Crippen molar-refractivity contribution in [3.8, 4) is 55.6 Å². The summed E-state index contributed by atoms with van der Waals surface area (Å²) in [6, 6.07) is 89.7. The van der Waals surface area contributed by atoms with Crippen LogP contribution in [0.3, 0.4) is 0 Å². The molecule has 0 aliphatic heterocycles. The Hall–Kier alpha value is -8.46. The van der Waals surface area contributed by atoms with Gasteiger partial charge in [-0.1, -0.05) is 206 Å². The van der Waals surface area contributed by atoms with Gasteiger partial charge in [-0.15, -0.1) is 0 Å². The molecule has 12 aromatic rings. The molecule has 0 unspecified atom stereocenters. The Kier molecular flexibility index (Phi) is 9.20. The van der Waals surface area contributed by atoms with E-state index in [2.05, 4.69) is 248 Å². The van der Waals surface area contributed by atoms with E-state index in [1.165, 1.54) is 60.5 Å². The number of anilines is 3. The van der Waals surface area contributed by atoms with Gasteiger partial charge in [0.15, 0.2) is 0 Å². The summed E-state index contributed by atoms with van der Waals surface area (Å²) in [5.74, 6) is 0. The maximum atomic E-state index is 6.43. The second kappa shape index (κ2) is 15.8. The van der Waals surface area contributed by atoms with E-state index in [1.807, 2.05) is 6.07 Å². The van der Waals surface area contributed by atoms with Crippen LogP contribution in [-0.4, -0.2) is 0 Å². The fourth-order valence-corrected chi connectivity index (χ4v) is 9.77. The van der Waals surface area contributed by atoms with E-state index in [-0.39, 0.29) is 0 Å². The van der Waals surface area contributed by atoms with Crippen molar-refractivity contribution in [2.75, 3.05) is 4.90 Å². The minimum atomic E-state index is 0.877. The molecule has 11 aromatic carbocycles. The van der Waals surface area contributed by atoms with Gasteiger partial charge in [0.05, 0.1) is 5.69 Å². The van der Waals surface area contributed by atoms with Gasteiger partial charge in [0.25, 0.3) is 0 Å². The second-order valence-electron chi connectivity index (χ2n) is 16.4. The molecule has 1 heterocycles. The van der Waals surface area contributed by atoms with Gasteiger partial charge in [-0.05, 0) is 114 Å². The fraction of sp³-hybridized carbons (Fsp3) is 0. The Morgan fingerprint density at radius 2 is 0.812 bits per heavy atom. The van der Waals surface area contributed by atoms with E-state index in [0.717, 1.165) is 55.7 Å². The summed E-state index contributed by atoms with van der Waals surface area (Å²) in [6.07, 6.45) is 0. The van der Waals surface area contributed by atoms with E-state index in [0.29, 0.717) is 0 Å². The first kappa shape index (κ1) is 37.3. The maximum Gasteiger partial charge on any atom is 0.136 e. The number of rotatable bonds is 8. The molecule has 0 saturated heterocycles. The lowest BCUT2D eigenvalue weighted by atomic mass is 9.89. The quantitative estimate of drug-likeness (QED) is 0.142. The minimum absolute atomic E-state index is 0.877. The normalized spacial score (nSPS) is 11.4. The zero-order valence-corrected chi connectivity index (χ0v) is 35.0. The van der Waals surface area contributed by atoms with Crippen molar-refractivity contribution < 1.29 is 4.42 Å². The smallest absolute Gasteiger partial charge is 0.136 e. The third-order valence-corrected chi connectivity index (χ3v) is 12.7. The molecule has 0 bridgehead atoms. The summed E-state index contributed by atoms with van der Waals surface area (Å²) in [5.41, 5.74) is 16.7. The molecule has 1 aromatic heterocycles. The average Bonchev–Trinajstić information content (AvgIpc) is 3.76. The van der Waals surface area contributed by atoms with Crippen LogP contribution in [0.5, 0.6) is 0 Å². The van der Waals surface area contributed by atoms with Gasteiger partial charge in [-0.3, -0.25) is 0 Å². The molecule has 300 valence electrons. The van der Waals surface area contributed by atoms with Crippen LogP contribution in [-0.2, 0) is 0 Å². The molecule has 2 heteroatoms. The van der Waals surface area contributed by atoms with E-state index in [9.17, 15) is 0 Å². The molecule has 0 spiro atoms. The Labute approximate surface area is 372 Å². The number of nitrogens with zero attached hydrogens (tertiary/aromatic N) is 1. The van der Waals surface area contributed by atoms with Crippen molar-refractivity contribution in [2.45, 2.75) is 0 Å². The van der Waals surface area contributed by atoms with Crippen molar-refractivity contribution in [3.05, 3.63) is 249 Å². The van der Waals surface area contributed by atoms with Crippen LogP contribution < -0.4 is 4.90 Å². The molecule has 0 saturated carbocycles. The number of hydrogen-bond acceptors (Lipinski definition) is 2. The van der Waals surface area contributed by atoms with Crippen molar-refractivity contribution >= 4 is 60.5 Å². The highest BCUT2D eigenvalue weighted by Crippen LogP contribution is 2.47. The molecule has 2 nitrogen and oxygen atoms in total. The summed E-state index contributed by atoms with van der Waals surface area (Å²) in [4.78, 5) is 2.42. The second-order valence-corrected chi connectivity index (χ2v) is 16.4. The fourth-order valence-electron chi connectivity index (χ4n) is 9.77. The number of benzene rings is 11. The van der Waals surface area contributed by atoms with Gasteiger partial charge in [0.1, 0.15) is 11.2 Å². The number of furan rings is 1. The van der Waals surface area contributed by atoms with Gasteiger partial charge in [0, 0.05) is 27.7 Å². The molecule has 0 amide bonds. The van der Waals surface area contributed by atoms with Gasteiger partial charge in [-0.25, -0.2) is 0 Å². The molecule has 0 aliphatic rings. The number of fused-ring (bicyclic) bond motifs is 6. The largest absolute Gasteiger partial charge is 0.456 e.